The highest BCUT2D eigenvalue weighted by molar-refractivity contribution is 5.84. The summed E-state index contributed by atoms with van der Waals surface area (Å²) in [7, 11) is 0. The van der Waals surface area contributed by atoms with Gasteiger partial charge in [-0.1, -0.05) is 12.1 Å². The van der Waals surface area contributed by atoms with Gasteiger partial charge in [0, 0.05) is 11.8 Å². The molecule has 0 bridgehead atoms. The number of hydrogen-bond acceptors (Lipinski definition) is 2. The van der Waals surface area contributed by atoms with Crippen molar-refractivity contribution in [3.8, 4) is 0 Å². The van der Waals surface area contributed by atoms with E-state index >= 15 is 0 Å². The molecular weight excluding hydrogens is 131 g/mol. The van der Waals surface area contributed by atoms with Crippen LogP contribution < -0.4 is 5.73 Å². The molecule has 0 radical (unpaired) electrons. The van der Waals surface area contributed by atoms with Crippen molar-refractivity contribution in [2.75, 3.05) is 5.73 Å². The Kier molecular flexibility index (Phi) is 1.67. The van der Waals surface area contributed by atoms with Crippen LogP contribution in [0.5, 0.6) is 0 Å². The average molecular weight is 138 g/mol. The molecule has 0 saturated heterocycles. The fraction of sp³-hybridized carbons (Fsp3) is 0. The van der Waals surface area contributed by atoms with E-state index in [9.17, 15) is 4.39 Å². The second-order valence-corrected chi connectivity index (χ2v) is 1.89. The van der Waals surface area contributed by atoms with E-state index in [0.717, 1.165) is 6.21 Å². The van der Waals surface area contributed by atoms with Crippen LogP contribution in [0.2, 0.25) is 0 Å². The highest BCUT2D eigenvalue weighted by atomic mass is 19.1. The third-order valence-electron chi connectivity index (χ3n) is 1.24. The van der Waals surface area contributed by atoms with E-state index < -0.39 is 5.82 Å². The molecule has 0 aliphatic carbocycles. The Morgan fingerprint density at radius 3 is 2.70 bits per heavy atom. The van der Waals surface area contributed by atoms with Crippen LogP contribution in [-0.2, 0) is 0 Å². The van der Waals surface area contributed by atoms with E-state index in [1.165, 1.54) is 12.1 Å². The lowest BCUT2D eigenvalue weighted by Gasteiger charge is -1.97. The highest BCUT2D eigenvalue weighted by Crippen LogP contribution is 2.12. The van der Waals surface area contributed by atoms with Crippen molar-refractivity contribution in [3.05, 3.63) is 29.6 Å². The van der Waals surface area contributed by atoms with Gasteiger partial charge in [0.15, 0.2) is 0 Å². The van der Waals surface area contributed by atoms with Crippen LogP contribution in [0.3, 0.4) is 0 Å². The molecule has 1 aromatic carbocycles. The number of benzene rings is 1. The van der Waals surface area contributed by atoms with Crippen LogP contribution in [0, 0.1) is 11.2 Å². The number of nitrogens with two attached hydrogens (primary N) is 1. The number of anilines is 1. The van der Waals surface area contributed by atoms with Gasteiger partial charge in [-0.25, -0.2) is 4.39 Å². The minimum absolute atomic E-state index is 0.0394. The summed E-state index contributed by atoms with van der Waals surface area (Å²) in [6.07, 6.45) is 1.03. The smallest absolute Gasteiger partial charge is 0.146 e. The fourth-order valence-electron chi connectivity index (χ4n) is 0.680. The molecule has 10 heavy (non-hydrogen) atoms. The molecule has 0 aliphatic rings. The molecule has 0 fully saturated rings. The summed E-state index contributed by atoms with van der Waals surface area (Å²) in [6.45, 7) is 0. The Morgan fingerprint density at radius 1 is 1.50 bits per heavy atom. The molecule has 52 valence electrons. The minimum Gasteiger partial charge on any atom is -0.396 e. The van der Waals surface area contributed by atoms with Crippen LogP contribution in [0.1, 0.15) is 5.56 Å². The summed E-state index contributed by atoms with van der Waals surface area (Å²) < 4.78 is 12.5. The van der Waals surface area contributed by atoms with Crippen molar-refractivity contribution in [2.45, 2.75) is 0 Å². The number of halogens is 1. The minimum atomic E-state index is -0.471. The Hall–Kier alpha value is -1.38. The molecule has 0 saturated carbocycles. The summed E-state index contributed by atoms with van der Waals surface area (Å²) in [4.78, 5) is 0. The Balaban J connectivity index is 3.27. The first-order chi connectivity index (χ1) is 4.75. The van der Waals surface area contributed by atoms with E-state index in [-0.39, 0.29) is 5.69 Å². The average Bonchev–Trinajstić information content (AvgIpc) is 1.95. The van der Waals surface area contributed by atoms with Crippen molar-refractivity contribution in [1.82, 2.24) is 0 Å². The van der Waals surface area contributed by atoms with Gasteiger partial charge in [-0.3, -0.25) is 0 Å². The lowest BCUT2D eigenvalue weighted by molar-refractivity contribution is 0.632. The molecule has 0 amide bonds. The SMILES string of the molecule is N=Cc1cccc(F)c1N. The number of para-hydroxylation sites is 1. The predicted molar refractivity (Wildman–Crippen MR) is 38.7 cm³/mol. The van der Waals surface area contributed by atoms with E-state index in [1.807, 2.05) is 0 Å². The van der Waals surface area contributed by atoms with Crippen molar-refractivity contribution in [3.63, 3.8) is 0 Å². The Labute approximate surface area is 58.0 Å². The van der Waals surface area contributed by atoms with Crippen LogP contribution in [-0.4, -0.2) is 6.21 Å². The van der Waals surface area contributed by atoms with Crippen molar-refractivity contribution in [2.24, 2.45) is 0 Å². The largest absolute Gasteiger partial charge is 0.396 e. The van der Waals surface area contributed by atoms with Gasteiger partial charge in [-0.2, -0.15) is 0 Å². The zero-order chi connectivity index (χ0) is 7.56. The van der Waals surface area contributed by atoms with Crippen LogP contribution in [0.15, 0.2) is 18.2 Å². The van der Waals surface area contributed by atoms with Gasteiger partial charge >= 0.3 is 0 Å². The van der Waals surface area contributed by atoms with Crippen molar-refractivity contribution < 1.29 is 4.39 Å². The molecule has 0 aliphatic heterocycles. The molecule has 1 rings (SSSR count). The van der Waals surface area contributed by atoms with Gasteiger partial charge in [0.25, 0.3) is 0 Å². The molecular formula is C7H7FN2. The summed E-state index contributed by atoms with van der Waals surface area (Å²) in [5.74, 6) is -0.471. The molecule has 3 N–H and O–H groups in total. The maximum Gasteiger partial charge on any atom is 0.146 e. The van der Waals surface area contributed by atoms with Gasteiger partial charge in [-0.05, 0) is 6.07 Å². The lowest BCUT2D eigenvalue weighted by Crippen LogP contribution is -1.95. The second kappa shape index (κ2) is 2.47. The quantitative estimate of drug-likeness (QED) is 0.447. The number of nitrogens with one attached hydrogen (secondary N) is 1. The first-order valence-electron chi connectivity index (χ1n) is 2.80. The first kappa shape index (κ1) is 6.74. The summed E-state index contributed by atoms with van der Waals surface area (Å²) in [6, 6.07) is 4.37. The van der Waals surface area contributed by atoms with E-state index in [4.69, 9.17) is 11.1 Å². The second-order valence-electron chi connectivity index (χ2n) is 1.89. The fourth-order valence-corrected chi connectivity index (χ4v) is 0.680. The molecule has 0 heterocycles. The van der Waals surface area contributed by atoms with Crippen LogP contribution >= 0.6 is 0 Å². The third-order valence-corrected chi connectivity index (χ3v) is 1.24. The standard InChI is InChI=1S/C7H7FN2/c8-6-3-1-2-5(4-9)7(6)10/h1-4,9H,10H2. The van der Waals surface area contributed by atoms with Crippen LogP contribution in [0.25, 0.3) is 0 Å². The molecule has 0 unspecified atom stereocenters. The van der Waals surface area contributed by atoms with Gasteiger partial charge in [-0.15, -0.1) is 0 Å². The molecule has 0 spiro atoms. The molecule has 1 aromatic rings. The Bertz CT molecular complexity index is 258. The van der Waals surface area contributed by atoms with E-state index in [2.05, 4.69) is 0 Å². The lowest BCUT2D eigenvalue weighted by atomic mass is 10.2. The summed E-state index contributed by atoms with van der Waals surface area (Å²) in [5.41, 5.74) is 5.72. The van der Waals surface area contributed by atoms with Crippen molar-refractivity contribution >= 4 is 11.9 Å². The normalized spacial score (nSPS) is 9.30. The number of rotatable bonds is 1. The Morgan fingerprint density at radius 2 is 2.20 bits per heavy atom. The number of nitrogen functional groups attached to an aromatic ring is 1. The van der Waals surface area contributed by atoms with Crippen molar-refractivity contribution in [1.29, 1.82) is 5.41 Å². The first-order valence-corrected chi connectivity index (χ1v) is 2.80. The maximum atomic E-state index is 12.5. The van der Waals surface area contributed by atoms with E-state index in [1.54, 1.807) is 6.07 Å². The summed E-state index contributed by atoms with van der Waals surface area (Å²) in [5, 5.41) is 6.81. The van der Waals surface area contributed by atoms with Gasteiger partial charge in [0.1, 0.15) is 5.82 Å². The zero-order valence-electron chi connectivity index (χ0n) is 5.26. The predicted octanol–water partition coefficient (Wildman–Crippen LogP) is 1.41. The van der Waals surface area contributed by atoms with Gasteiger partial charge in [0.2, 0.25) is 0 Å². The maximum absolute atomic E-state index is 12.5. The van der Waals surface area contributed by atoms with Gasteiger partial charge < -0.3 is 11.1 Å². The molecule has 2 nitrogen and oxygen atoms in total. The summed E-state index contributed by atoms with van der Waals surface area (Å²) >= 11 is 0. The molecule has 0 atom stereocenters. The van der Waals surface area contributed by atoms with E-state index in [0.29, 0.717) is 5.56 Å². The number of hydrogen-bond donors (Lipinski definition) is 2. The topological polar surface area (TPSA) is 49.9 Å². The molecule has 0 aromatic heterocycles. The van der Waals surface area contributed by atoms with Crippen LogP contribution in [0.4, 0.5) is 10.1 Å². The van der Waals surface area contributed by atoms with Gasteiger partial charge in [0.05, 0.1) is 5.69 Å². The third kappa shape index (κ3) is 0.978. The molecule has 3 heteroatoms. The highest BCUT2D eigenvalue weighted by Gasteiger charge is 1.99. The zero-order valence-corrected chi connectivity index (χ0v) is 5.26. The monoisotopic (exact) mass is 138 g/mol.